The molecule has 0 saturated carbocycles. The lowest BCUT2D eigenvalue weighted by molar-refractivity contribution is 0.0793. The summed E-state index contributed by atoms with van der Waals surface area (Å²) in [7, 11) is 0. The van der Waals surface area contributed by atoms with E-state index in [9.17, 15) is 5.11 Å². The molecular weight excluding hydrogens is 164 g/mol. The average molecular weight is 186 g/mol. The molecule has 3 unspecified atom stereocenters. The quantitative estimate of drug-likeness (QED) is 0.672. The summed E-state index contributed by atoms with van der Waals surface area (Å²) in [4.78, 5) is 2.33. The number of hydrogen-bond donors (Lipinski definition) is 2. The first kappa shape index (κ1) is 11.0. The van der Waals surface area contributed by atoms with Gasteiger partial charge >= 0.3 is 0 Å². The van der Waals surface area contributed by atoms with Crippen molar-refractivity contribution >= 4 is 0 Å². The number of rotatable bonds is 3. The Bertz CT molecular complexity index is 172. The second kappa shape index (κ2) is 3.95. The van der Waals surface area contributed by atoms with E-state index in [2.05, 4.69) is 18.7 Å². The van der Waals surface area contributed by atoms with Crippen molar-refractivity contribution in [3.05, 3.63) is 0 Å². The first-order chi connectivity index (χ1) is 5.98. The van der Waals surface area contributed by atoms with Gasteiger partial charge in [-0.2, -0.15) is 0 Å². The van der Waals surface area contributed by atoms with Gasteiger partial charge < -0.3 is 10.8 Å². The Kier molecular flexibility index (Phi) is 3.33. The van der Waals surface area contributed by atoms with Gasteiger partial charge in [0.25, 0.3) is 0 Å². The van der Waals surface area contributed by atoms with Crippen LogP contribution < -0.4 is 5.73 Å². The number of hydrogen-bond acceptors (Lipinski definition) is 3. The minimum absolute atomic E-state index is 0.250. The van der Waals surface area contributed by atoms with Gasteiger partial charge in [0.15, 0.2) is 0 Å². The maximum absolute atomic E-state index is 9.45. The maximum Gasteiger partial charge on any atom is 0.0664 e. The number of aliphatic hydroxyl groups excluding tert-OH is 1. The summed E-state index contributed by atoms with van der Waals surface area (Å²) < 4.78 is 0. The van der Waals surface area contributed by atoms with Gasteiger partial charge in [0.1, 0.15) is 0 Å². The normalized spacial score (nSPS) is 34.8. The first-order valence-corrected chi connectivity index (χ1v) is 5.11. The van der Waals surface area contributed by atoms with Crippen LogP contribution in [0.5, 0.6) is 0 Å². The molecule has 78 valence electrons. The Morgan fingerprint density at radius 1 is 1.54 bits per heavy atom. The van der Waals surface area contributed by atoms with Crippen LogP contribution in [-0.2, 0) is 0 Å². The van der Waals surface area contributed by atoms with Crippen molar-refractivity contribution in [1.82, 2.24) is 4.90 Å². The third kappa shape index (κ3) is 2.42. The summed E-state index contributed by atoms with van der Waals surface area (Å²) in [6.07, 6.45) is 0.903. The van der Waals surface area contributed by atoms with Gasteiger partial charge in [-0.25, -0.2) is 0 Å². The molecular formula is C10H22N2O. The van der Waals surface area contributed by atoms with E-state index in [0.717, 1.165) is 26.1 Å². The van der Waals surface area contributed by atoms with Crippen LogP contribution in [0.3, 0.4) is 0 Å². The third-order valence-electron chi connectivity index (χ3n) is 3.35. The largest absolute Gasteiger partial charge is 0.392 e. The predicted octanol–water partition coefficient (Wildman–Crippen LogP) is 0.426. The number of nitrogens with zero attached hydrogens (tertiary/aromatic N) is 1. The molecule has 1 rings (SSSR count). The molecule has 0 aromatic carbocycles. The highest BCUT2D eigenvalue weighted by molar-refractivity contribution is 4.90. The molecule has 0 aliphatic carbocycles. The summed E-state index contributed by atoms with van der Waals surface area (Å²) in [5, 5.41) is 9.45. The van der Waals surface area contributed by atoms with Gasteiger partial charge in [-0.15, -0.1) is 0 Å². The van der Waals surface area contributed by atoms with Crippen molar-refractivity contribution < 1.29 is 5.11 Å². The van der Waals surface area contributed by atoms with Crippen molar-refractivity contribution in [2.75, 3.05) is 19.6 Å². The Morgan fingerprint density at radius 2 is 2.15 bits per heavy atom. The highest BCUT2D eigenvalue weighted by Gasteiger charge is 2.35. The van der Waals surface area contributed by atoms with Crippen molar-refractivity contribution in [3.63, 3.8) is 0 Å². The van der Waals surface area contributed by atoms with Gasteiger partial charge in [-0.3, -0.25) is 4.90 Å². The molecule has 3 heteroatoms. The highest BCUT2D eigenvalue weighted by Crippen LogP contribution is 2.30. The molecule has 0 aromatic heterocycles. The fourth-order valence-corrected chi connectivity index (χ4v) is 1.88. The second-order valence-electron chi connectivity index (χ2n) is 4.72. The third-order valence-corrected chi connectivity index (χ3v) is 3.35. The fraction of sp³-hybridized carbons (Fsp3) is 1.00. The lowest BCUT2D eigenvalue weighted by Crippen LogP contribution is -2.40. The van der Waals surface area contributed by atoms with E-state index in [4.69, 9.17) is 5.73 Å². The molecule has 0 radical (unpaired) electrons. The Morgan fingerprint density at radius 3 is 2.54 bits per heavy atom. The monoisotopic (exact) mass is 186 g/mol. The van der Waals surface area contributed by atoms with Crippen LogP contribution in [0, 0.1) is 5.41 Å². The highest BCUT2D eigenvalue weighted by atomic mass is 16.3. The zero-order valence-corrected chi connectivity index (χ0v) is 8.95. The molecule has 3 atom stereocenters. The van der Waals surface area contributed by atoms with Crippen LogP contribution in [0.25, 0.3) is 0 Å². The minimum atomic E-state index is -0.250. The SMILES string of the molecule is CC(O)C(C)N1CCC(C)(CN)C1. The van der Waals surface area contributed by atoms with Gasteiger partial charge in [-0.1, -0.05) is 6.92 Å². The smallest absolute Gasteiger partial charge is 0.0664 e. The average Bonchev–Trinajstić information content (AvgIpc) is 2.47. The topological polar surface area (TPSA) is 49.5 Å². The van der Waals surface area contributed by atoms with E-state index in [-0.39, 0.29) is 17.6 Å². The minimum Gasteiger partial charge on any atom is -0.392 e. The molecule has 0 aromatic rings. The summed E-state index contributed by atoms with van der Waals surface area (Å²) >= 11 is 0. The van der Waals surface area contributed by atoms with E-state index in [1.807, 2.05) is 6.92 Å². The van der Waals surface area contributed by atoms with Crippen LogP contribution in [0.15, 0.2) is 0 Å². The zero-order valence-electron chi connectivity index (χ0n) is 8.95. The van der Waals surface area contributed by atoms with Crippen molar-refractivity contribution in [1.29, 1.82) is 0 Å². The lowest BCUT2D eigenvalue weighted by atomic mass is 9.90. The van der Waals surface area contributed by atoms with Crippen LogP contribution in [0.1, 0.15) is 27.2 Å². The molecule has 3 nitrogen and oxygen atoms in total. The molecule has 1 heterocycles. The van der Waals surface area contributed by atoms with Gasteiger partial charge in [0.2, 0.25) is 0 Å². The number of aliphatic hydroxyl groups is 1. The van der Waals surface area contributed by atoms with Crippen LogP contribution in [-0.4, -0.2) is 41.8 Å². The first-order valence-electron chi connectivity index (χ1n) is 5.11. The van der Waals surface area contributed by atoms with Crippen molar-refractivity contribution in [2.24, 2.45) is 11.1 Å². The molecule has 1 aliphatic heterocycles. The van der Waals surface area contributed by atoms with E-state index in [1.54, 1.807) is 0 Å². The van der Waals surface area contributed by atoms with E-state index < -0.39 is 0 Å². The summed E-state index contributed by atoms with van der Waals surface area (Å²) in [5.74, 6) is 0. The van der Waals surface area contributed by atoms with Gasteiger partial charge in [0, 0.05) is 12.6 Å². The van der Waals surface area contributed by atoms with Crippen LogP contribution >= 0.6 is 0 Å². The van der Waals surface area contributed by atoms with Crippen LogP contribution in [0.2, 0.25) is 0 Å². The predicted molar refractivity (Wildman–Crippen MR) is 54.5 cm³/mol. The summed E-state index contributed by atoms with van der Waals surface area (Å²) in [6, 6.07) is 0.258. The molecule has 13 heavy (non-hydrogen) atoms. The number of nitrogens with two attached hydrogens (primary N) is 1. The Labute approximate surface area is 80.9 Å². The molecule has 0 bridgehead atoms. The molecule has 1 aliphatic rings. The summed E-state index contributed by atoms with van der Waals surface area (Å²) in [6.45, 7) is 8.99. The van der Waals surface area contributed by atoms with E-state index >= 15 is 0 Å². The maximum atomic E-state index is 9.45. The Hall–Kier alpha value is -0.120. The van der Waals surface area contributed by atoms with Gasteiger partial charge in [0.05, 0.1) is 6.10 Å². The fourth-order valence-electron chi connectivity index (χ4n) is 1.88. The molecule has 0 amide bonds. The molecule has 1 fully saturated rings. The van der Waals surface area contributed by atoms with Crippen molar-refractivity contribution in [3.8, 4) is 0 Å². The number of likely N-dealkylation sites (tertiary alicyclic amines) is 1. The Balaban J connectivity index is 2.49. The molecule has 1 saturated heterocycles. The molecule has 3 N–H and O–H groups in total. The van der Waals surface area contributed by atoms with E-state index in [0.29, 0.717) is 0 Å². The van der Waals surface area contributed by atoms with Gasteiger partial charge in [-0.05, 0) is 38.8 Å². The summed E-state index contributed by atoms with van der Waals surface area (Å²) in [5.41, 5.74) is 5.98. The van der Waals surface area contributed by atoms with Crippen molar-refractivity contribution in [2.45, 2.75) is 39.3 Å². The van der Waals surface area contributed by atoms with Crippen LogP contribution in [0.4, 0.5) is 0 Å². The lowest BCUT2D eigenvalue weighted by Gasteiger charge is -2.28. The molecule has 0 spiro atoms. The van der Waals surface area contributed by atoms with E-state index in [1.165, 1.54) is 0 Å². The zero-order chi connectivity index (χ0) is 10.1. The second-order valence-corrected chi connectivity index (χ2v) is 4.72. The standard InChI is InChI=1S/C10H22N2O/c1-8(9(2)13)12-5-4-10(3,6-11)7-12/h8-9,13H,4-7,11H2,1-3H3.